The SMILES string of the molecule is c1ccc(-c2ccc(-c3ccc(-n4c5ccccc5c5c(-c6ccc7c(c6)-c6ccccc6C7c6ccccc6)cccc54)cc3)cc2)cc1. The minimum atomic E-state index is 0.249. The van der Waals surface area contributed by atoms with Crippen molar-refractivity contribution in [3.63, 3.8) is 0 Å². The Labute approximate surface area is 292 Å². The fraction of sp³-hybridized carbons (Fsp3) is 0.0204. The molecule has 50 heavy (non-hydrogen) atoms. The highest BCUT2D eigenvalue weighted by molar-refractivity contribution is 6.16. The van der Waals surface area contributed by atoms with Crippen molar-refractivity contribution in [3.05, 3.63) is 211 Å². The number of para-hydroxylation sites is 1. The summed E-state index contributed by atoms with van der Waals surface area (Å²) in [7, 11) is 0. The van der Waals surface area contributed by atoms with Gasteiger partial charge in [0.25, 0.3) is 0 Å². The van der Waals surface area contributed by atoms with E-state index in [1.807, 2.05) is 0 Å². The Morgan fingerprint density at radius 3 is 1.64 bits per heavy atom. The second kappa shape index (κ2) is 11.6. The Kier molecular flexibility index (Phi) is 6.63. The van der Waals surface area contributed by atoms with Crippen LogP contribution in [0.2, 0.25) is 0 Å². The summed E-state index contributed by atoms with van der Waals surface area (Å²) in [6, 6.07) is 71.0. The highest BCUT2D eigenvalue weighted by atomic mass is 15.0. The van der Waals surface area contributed by atoms with Gasteiger partial charge in [0.1, 0.15) is 0 Å². The largest absolute Gasteiger partial charge is 0.309 e. The van der Waals surface area contributed by atoms with Crippen LogP contribution in [0.5, 0.6) is 0 Å². The van der Waals surface area contributed by atoms with Crippen LogP contribution in [0.4, 0.5) is 0 Å². The second-order valence-corrected chi connectivity index (χ2v) is 13.3. The Morgan fingerprint density at radius 1 is 0.340 bits per heavy atom. The van der Waals surface area contributed by atoms with Gasteiger partial charge in [-0.3, -0.25) is 0 Å². The van der Waals surface area contributed by atoms with E-state index in [0.717, 1.165) is 5.69 Å². The molecule has 0 saturated heterocycles. The van der Waals surface area contributed by atoms with Gasteiger partial charge in [-0.05, 0) is 91.5 Å². The number of hydrogen-bond donors (Lipinski definition) is 0. The smallest absolute Gasteiger partial charge is 0.0547 e. The van der Waals surface area contributed by atoms with E-state index in [9.17, 15) is 0 Å². The monoisotopic (exact) mass is 635 g/mol. The van der Waals surface area contributed by atoms with Gasteiger partial charge in [0.2, 0.25) is 0 Å². The summed E-state index contributed by atoms with van der Waals surface area (Å²) in [5.41, 5.74) is 17.8. The van der Waals surface area contributed by atoms with Crippen molar-refractivity contribution in [2.75, 3.05) is 0 Å². The lowest BCUT2D eigenvalue weighted by atomic mass is 9.88. The molecule has 1 nitrogen and oxygen atoms in total. The molecule has 1 heteroatoms. The molecule has 10 rings (SSSR count). The van der Waals surface area contributed by atoms with Crippen molar-refractivity contribution in [3.8, 4) is 50.2 Å². The van der Waals surface area contributed by atoms with Crippen LogP contribution in [-0.2, 0) is 0 Å². The molecular formula is C49H33N. The quantitative estimate of drug-likeness (QED) is 0.177. The predicted molar refractivity (Wildman–Crippen MR) is 210 cm³/mol. The van der Waals surface area contributed by atoms with E-state index in [2.05, 4.69) is 199 Å². The lowest BCUT2D eigenvalue weighted by molar-refractivity contribution is 1.02. The summed E-state index contributed by atoms with van der Waals surface area (Å²) in [4.78, 5) is 0. The topological polar surface area (TPSA) is 4.93 Å². The standard InChI is InChI=1S/C49H33N/c1-3-12-33(13-4-1)34-22-24-35(25-23-34)36-26-29-39(30-27-36)50-46-20-10-9-18-44(46)49-40(19-11-21-47(49)50)38-28-31-43-45(32-38)41-16-7-8-17-42(41)48(43)37-14-5-2-6-15-37/h1-32,48H. The maximum atomic E-state index is 2.43. The second-order valence-electron chi connectivity index (χ2n) is 13.3. The van der Waals surface area contributed by atoms with Crippen LogP contribution < -0.4 is 0 Å². The van der Waals surface area contributed by atoms with Gasteiger partial charge in [-0.15, -0.1) is 0 Å². The lowest BCUT2D eigenvalue weighted by Crippen LogP contribution is -1.98. The maximum Gasteiger partial charge on any atom is 0.0547 e. The lowest BCUT2D eigenvalue weighted by Gasteiger charge is -2.15. The highest BCUT2D eigenvalue weighted by Crippen LogP contribution is 2.49. The summed E-state index contributed by atoms with van der Waals surface area (Å²) >= 11 is 0. The third-order valence-electron chi connectivity index (χ3n) is 10.5. The molecule has 0 N–H and O–H groups in total. The zero-order valence-corrected chi connectivity index (χ0v) is 27.5. The fourth-order valence-electron chi connectivity index (χ4n) is 8.20. The molecule has 9 aromatic rings. The van der Waals surface area contributed by atoms with E-state index >= 15 is 0 Å². The van der Waals surface area contributed by atoms with Crippen molar-refractivity contribution in [1.82, 2.24) is 4.57 Å². The minimum Gasteiger partial charge on any atom is -0.309 e. The molecule has 1 unspecified atom stereocenters. The minimum absolute atomic E-state index is 0.249. The van der Waals surface area contributed by atoms with Crippen LogP contribution in [0.3, 0.4) is 0 Å². The van der Waals surface area contributed by atoms with Gasteiger partial charge in [0.15, 0.2) is 0 Å². The number of nitrogens with zero attached hydrogens (tertiary/aromatic N) is 1. The summed E-state index contributed by atoms with van der Waals surface area (Å²) in [6.45, 7) is 0. The average molecular weight is 636 g/mol. The van der Waals surface area contributed by atoms with Gasteiger partial charge in [-0.1, -0.05) is 164 Å². The third-order valence-corrected chi connectivity index (χ3v) is 10.5. The fourth-order valence-corrected chi connectivity index (χ4v) is 8.20. The van der Waals surface area contributed by atoms with Crippen molar-refractivity contribution in [2.24, 2.45) is 0 Å². The van der Waals surface area contributed by atoms with Crippen molar-refractivity contribution < 1.29 is 0 Å². The van der Waals surface area contributed by atoms with Crippen molar-refractivity contribution in [2.45, 2.75) is 5.92 Å². The van der Waals surface area contributed by atoms with Crippen LogP contribution >= 0.6 is 0 Å². The van der Waals surface area contributed by atoms with E-state index in [1.54, 1.807) is 0 Å². The van der Waals surface area contributed by atoms with E-state index in [0.29, 0.717) is 0 Å². The Hall–Kier alpha value is -6.44. The van der Waals surface area contributed by atoms with Crippen LogP contribution in [0.1, 0.15) is 22.6 Å². The van der Waals surface area contributed by atoms with Crippen LogP contribution in [0.25, 0.3) is 72.0 Å². The highest BCUT2D eigenvalue weighted by Gasteiger charge is 2.30. The van der Waals surface area contributed by atoms with Crippen molar-refractivity contribution in [1.29, 1.82) is 0 Å². The van der Waals surface area contributed by atoms with Gasteiger partial charge >= 0.3 is 0 Å². The molecule has 0 radical (unpaired) electrons. The van der Waals surface area contributed by atoms with Gasteiger partial charge in [-0.25, -0.2) is 0 Å². The van der Waals surface area contributed by atoms with E-state index in [4.69, 9.17) is 0 Å². The van der Waals surface area contributed by atoms with Crippen LogP contribution in [0.15, 0.2) is 194 Å². The Balaban J connectivity index is 1.07. The van der Waals surface area contributed by atoms with Crippen LogP contribution in [-0.4, -0.2) is 4.57 Å². The van der Waals surface area contributed by atoms with Gasteiger partial charge < -0.3 is 4.57 Å². The van der Waals surface area contributed by atoms with Gasteiger partial charge in [-0.2, -0.15) is 0 Å². The molecule has 1 aromatic heterocycles. The van der Waals surface area contributed by atoms with Gasteiger partial charge in [0, 0.05) is 22.4 Å². The zero-order chi connectivity index (χ0) is 33.0. The summed E-state index contributed by atoms with van der Waals surface area (Å²) in [5.74, 6) is 0.249. The zero-order valence-electron chi connectivity index (χ0n) is 27.5. The van der Waals surface area contributed by atoms with E-state index in [1.165, 1.54) is 83.0 Å². The van der Waals surface area contributed by atoms with Crippen molar-refractivity contribution >= 4 is 21.8 Å². The summed E-state index contributed by atoms with van der Waals surface area (Å²) < 4.78 is 2.42. The molecular weight excluding hydrogens is 603 g/mol. The van der Waals surface area contributed by atoms with Crippen LogP contribution in [0, 0.1) is 0 Å². The first-order chi connectivity index (χ1) is 24.8. The molecule has 0 amide bonds. The number of rotatable bonds is 5. The molecule has 234 valence electrons. The number of benzene rings is 8. The maximum absolute atomic E-state index is 2.43. The van der Waals surface area contributed by atoms with Gasteiger partial charge in [0.05, 0.1) is 11.0 Å². The van der Waals surface area contributed by atoms with E-state index < -0.39 is 0 Å². The molecule has 0 fully saturated rings. The molecule has 0 saturated carbocycles. The summed E-state index contributed by atoms with van der Waals surface area (Å²) in [6.07, 6.45) is 0. The molecule has 8 aromatic carbocycles. The average Bonchev–Trinajstić information content (AvgIpc) is 3.71. The van der Waals surface area contributed by atoms with E-state index in [-0.39, 0.29) is 5.92 Å². The first kappa shape index (κ1) is 28.6. The molecule has 1 aliphatic rings. The molecule has 0 spiro atoms. The molecule has 1 atom stereocenters. The molecule has 0 bridgehead atoms. The Bertz CT molecular complexity index is 2660. The first-order valence-electron chi connectivity index (χ1n) is 17.4. The molecule has 1 aliphatic carbocycles. The summed E-state index contributed by atoms with van der Waals surface area (Å²) in [5, 5.41) is 2.55. The normalized spacial score (nSPS) is 13.4. The molecule has 0 aliphatic heterocycles. The predicted octanol–water partition coefficient (Wildman–Crippen LogP) is 12.9. The number of hydrogen-bond acceptors (Lipinski definition) is 0. The first-order valence-corrected chi connectivity index (χ1v) is 17.4. The Morgan fingerprint density at radius 2 is 0.880 bits per heavy atom. The number of aromatic nitrogens is 1. The third kappa shape index (κ3) is 4.55. The molecule has 1 heterocycles. The number of fused-ring (bicyclic) bond motifs is 6.